The van der Waals surface area contributed by atoms with E-state index >= 15 is 0 Å². The van der Waals surface area contributed by atoms with E-state index in [2.05, 4.69) is 5.32 Å². The zero-order valence-corrected chi connectivity index (χ0v) is 11.3. The third kappa shape index (κ3) is 3.39. The maximum absolute atomic E-state index is 13.8. The van der Waals surface area contributed by atoms with Gasteiger partial charge in [0.25, 0.3) is 0 Å². The molecular formula is C14H15FN2OS. The Kier molecular flexibility index (Phi) is 4.29. The van der Waals surface area contributed by atoms with E-state index in [1.54, 1.807) is 23.5 Å². The van der Waals surface area contributed by atoms with Gasteiger partial charge in [-0.05, 0) is 24.4 Å². The van der Waals surface area contributed by atoms with E-state index in [9.17, 15) is 9.18 Å². The van der Waals surface area contributed by atoms with Gasteiger partial charge in [0.2, 0.25) is 5.91 Å². The number of carbonyl (C=O) groups excluding carboxylic acids is 1. The van der Waals surface area contributed by atoms with Crippen molar-refractivity contribution in [3.63, 3.8) is 0 Å². The average molecular weight is 278 g/mol. The Bertz CT molecular complexity index is 569. The molecule has 0 aliphatic rings. The molecule has 5 heteroatoms. The number of hydrogen-bond donors (Lipinski definition) is 2. The fourth-order valence-electron chi connectivity index (χ4n) is 1.86. The van der Waals surface area contributed by atoms with Gasteiger partial charge in [-0.3, -0.25) is 10.1 Å². The molecule has 0 fully saturated rings. The first-order valence-corrected chi connectivity index (χ1v) is 6.77. The second kappa shape index (κ2) is 5.95. The zero-order chi connectivity index (χ0) is 13.8. The summed E-state index contributed by atoms with van der Waals surface area (Å²) in [5.74, 6) is -1.01. The Labute approximate surface area is 115 Å². The molecule has 0 aliphatic carbocycles. The van der Waals surface area contributed by atoms with Gasteiger partial charge in [-0.25, -0.2) is 4.39 Å². The van der Waals surface area contributed by atoms with Crippen LogP contribution in [0, 0.1) is 12.7 Å². The van der Waals surface area contributed by atoms with Gasteiger partial charge in [-0.2, -0.15) is 0 Å². The maximum Gasteiger partial charge on any atom is 0.239 e. The number of thiophene rings is 1. The van der Waals surface area contributed by atoms with Crippen LogP contribution in [0.1, 0.15) is 22.0 Å². The van der Waals surface area contributed by atoms with Crippen molar-refractivity contribution in [2.75, 3.05) is 0 Å². The summed E-state index contributed by atoms with van der Waals surface area (Å²) in [5.41, 5.74) is 6.55. The lowest BCUT2D eigenvalue weighted by Crippen LogP contribution is -2.33. The Balaban J connectivity index is 2.20. The van der Waals surface area contributed by atoms with Crippen LogP contribution >= 0.6 is 11.3 Å². The van der Waals surface area contributed by atoms with Crippen LogP contribution < -0.4 is 11.1 Å². The summed E-state index contributed by atoms with van der Waals surface area (Å²) in [6.45, 7) is 2.33. The van der Waals surface area contributed by atoms with Gasteiger partial charge in [0, 0.05) is 17.0 Å². The molecule has 1 aromatic carbocycles. The molecule has 2 aromatic rings. The van der Waals surface area contributed by atoms with E-state index in [-0.39, 0.29) is 0 Å². The first kappa shape index (κ1) is 13.7. The van der Waals surface area contributed by atoms with E-state index in [0.29, 0.717) is 12.1 Å². The molecule has 3 N–H and O–H groups in total. The number of benzene rings is 1. The normalized spacial score (nSPS) is 12.3. The number of nitrogens with one attached hydrogen (secondary N) is 1. The second-order valence-corrected chi connectivity index (χ2v) is 5.35. The molecule has 1 atom stereocenters. The van der Waals surface area contributed by atoms with E-state index < -0.39 is 17.8 Å². The molecule has 0 aliphatic heterocycles. The minimum absolute atomic E-state index is 0.295. The van der Waals surface area contributed by atoms with Crippen molar-refractivity contribution in [3.8, 4) is 0 Å². The molecule has 1 unspecified atom stereocenters. The van der Waals surface area contributed by atoms with Crippen molar-refractivity contribution in [2.45, 2.75) is 19.5 Å². The van der Waals surface area contributed by atoms with Crippen molar-refractivity contribution in [1.29, 1.82) is 0 Å². The molecule has 3 nitrogen and oxygen atoms in total. The molecule has 1 aromatic heterocycles. The van der Waals surface area contributed by atoms with Crippen molar-refractivity contribution in [3.05, 3.63) is 57.5 Å². The first-order chi connectivity index (χ1) is 9.08. The second-order valence-electron chi connectivity index (χ2n) is 4.32. The minimum atomic E-state index is -0.818. The van der Waals surface area contributed by atoms with Crippen molar-refractivity contribution in [2.24, 2.45) is 5.73 Å². The summed E-state index contributed by atoms with van der Waals surface area (Å²) >= 11 is 1.57. The van der Waals surface area contributed by atoms with Crippen LogP contribution in [-0.4, -0.2) is 5.91 Å². The summed E-state index contributed by atoms with van der Waals surface area (Å²) in [5, 5.41) is 4.95. The first-order valence-electron chi connectivity index (χ1n) is 5.89. The summed E-state index contributed by atoms with van der Waals surface area (Å²) in [6, 6.07) is 7.72. The lowest BCUT2D eigenvalue weighted by atomic mass is 10.0. The average Bonchev–Trinajstić information content (AvgIpc) is 2.86. The third-order valence-electron chi connectivity index (χ3n) is 2.81. The molecule has 0 saturated heterocycles. The number of rotatable bonds is 5. The van der Waals surface area contributed by atoms with Gasteiger partial charge in [-0.15, -0.1) is 11.3 Å². The van der Waals surface area contributed by atoms with Gasteiger partial charge >= 0.3 is 0 Å². The number of nitrogens with two attached hydrogens (primary N) is 1. The predicted molar refractivity (Wildman–Crippen MR) is 74.2 cm³/mol. The smallest absolute Gasteiger partial charge is 0.239 e. The Morgan fingerprint density at radius 3 is 2.89 bits per heavy atom. The SMILES string of the molecule is Cc1ccc(F)c(C(NCc2cccs2)C(N)=O)c1. The number of aryl methyl sites for hydroxylation is 1. The van der Waals surface area contributed by atoms with Crippen LogP contribution in [-0.2, 0) is 11.3 Å². The lowest BCUT2D eigenvalue weighted by Gasteiger charge is -2.16. The number of amides is 1. The van der Waals surface area contributed by atoms with E-state index in [0.717, 1.165) is 10.4 Å². The summed E-state index contributed by atoms with van der Waals surface area (Å²) < 4.78 is 13.8. The maximum atomic E-state index is 13.8. The summed E-state index contributed by atoms with van der Waals surface area (Å²) in [4.78, 5) is 12.6. The highest BCUT2D eigenvalue weighted by Crippen LogP contribution is 2.20. The molecular weight excluding hydrogens is 263 g/mol. The minimum Gasteiger partial charge on any atom is -0.368 e. The van der Waals surface area contributed by atoms with Crippen molar-refractivity contribution in [1.82, 2.24) is 5.32 Å². The number of carbonyl (C=O) groups is 1. The van der Waals surface area contributed by atoms with Gasteiger partial charge in [0.1, 0.15) is 11.9 Å². The standard InChI is InChI=1S/C14H15FN2OS/c1-9-4-5-12(15)11(7-9)13(14(16)18)17-8-10-3-2-6-19-10/h2-7,13,17H,8H2,1H3,(H2,16,18). The number of primary amides is 1. The van der Waals surface area contributed by atoms with Crippen molar-refractivity contribution < 1.29 is 9.18 Å². The van der Waals surface area contributed by atoms with Crippen LogP contribution in [0.25, 0.3) is 0 Å². The van der Waals surface area contributed by atoms with Crippen molar-refractivity contribution >= 4 is 17.2 Å². The summed E-state index contributed by atoms with van der Waals surface area (Å²) in [6.07, 6.45) is 0. The van der Waals surface area contributed by atoms with Crippen LogP contribution in [0.15, 0.2) is 35.7 Å². The quantitative estimate of drug-likeness (QED) is 0.883. The number of halogens is 1. The van der Waals surface area contributed by atoms with Gasteiger partial charge in [0.05, 0.1) is 0 Å². The topological polar surface area (TPSA) is 55.1 Å². The number of hydrogen-bond acceptors (Lipinski definition) is 3. The van der Waals surface area contributed by atoms with Crippen LogP contribution in [0.2, 0.25) is 0 Å². The highest BCUT2D eigenvalue weighted by Gasteiger charge is 2.21. The largest absolute Gasteiger partial charge is 0.368 e. The summed E-state index contributed by atoms with van der Waals surface area (Å²) in [7, 11) is 0. The highest BCUT2D eigenvalue weighted by molar-refractivity contribution is 7.09. The molecule has 0 bridgehead atoms. The highest BCUT2D eigenvalue weighted by atomic mass is 32.1. The van der Waals surface area contributed by atoms with Gasteiger partial charge in [0.15, 0.2) is 0 Å². The fourth-order valence-corrected chi connectivity index (χ4v) is 2.52. The van der Waals surface area contributed by atoms with E-state index in [1.807, 2.05) is 24.4 Å². The monoisotopic (exact) mass is 278 g/mol. The third-order valence-corrected chi connectivity index (χ3v) is 3.68. The molecule has 19 heavy (non-hydrogen) atoms. The lowest BCUT2D eigenvalue weighted by molar-refractivity contribution is -0.120. The molecule has 0 saturated carbocycles. The molecule has 2 rings (SSSR count). The fraction of sp³-hybridized carbons (Fsp3) is 0.214. The van der Waals surface area contributed by atoms with Crippen LogP contribution in [0.4, 0.5) is 4.39 Å². The molecule has 100 valence electrons. The van der Waals surface area contributed by atoms with E-state index in [4.69, 9.17) is 5.73 Å². The van der Waals surface area contributed by atoms with Crippen LogP contribution in [0.5, 0.6) is 0 Å². The Morgan fingerprint density at radius 2 is 2.26 bits per heavy atom. The zero-order valence-electron chi connectivity index (χ0n) is 10.5. The van der Waals surface area contributed by atoms with Crippen LogP contribution in [0.3, 0.4) is 0 Å². The predicted octanol–water partition coefficient (Wildman–Crippen LogP) is 2.51. The molecule has 0 spiro atoms. The Morgan fingerprint density at radius 1 is 1.47 bits per heavy atom. The molecule has 1 heterocycles. The molecule has 0 radical (unpaired) electrons. The van der Waals surface area contributed by atoms with Gasteiger partial charge in [-0.1, -0.05) is 23.8 Å². The Hall–Kier alpha value is -1.72. The van der Waals surface area contributed by atoms with Gasteiger partial charge < -0.3 is 5.73 Å². The molecule has 1 amide bonds. The van der Waals surface area contributed by atoms with E-state index in [1.165, 1.54) is 6.07 Å².